The van der Waals surface area contributed by atoms with E-state index >= 15 is 0 Å². The summed E-state index contributed by atoms with van der Waals surface area (Å²) in [5.41, 5.74) is 6.08. The Labute approximate surface area is 148 Å². The molecule has 2 nitrogen and oxygen atoms in total. The number of nitrogens with zero attached hydrogens (tertiary/aromatic N) is 2. The summed E-state index contributed by atoms with van der Waals surface area (Å²) in [4.78, 5) is 9.40. The van der Waals surface area contributed by atoms with E-state index in [1.54, 1.807) is 0 Å². The highest BCUT2D eigenvalue weighted by molar-refractivity contribution is 9.10. The van der Waals surface area contributed by atoms with Crippen molar-refractivity contribution in [3.05, 3.63) is 56.5 Å². The van der Waals surface area contributed by atoms with E-state index < -0.39 is 0 Å². The molecule has 0 heterocycles. The molecule has 0 bridgehead atoms. The minimum absolute atomic E-state index is 0.924. The topological polar surface area (TPSA) is 24.7 Å². The van der Waals surface area contributed by atoms with Gasteiger partial charge < -0.3 is 0 Å². The zero-order valence-corrected chi connectivity index (χ0v) is 16.3. The first-order valence-corrected chi connectivity index (χ1v) is 8.58. The lowest BCUT2D eigenvalue weighted by atomic mass is 10.2. The summed E-state index contributed by atoms with van der Waals surface area (Å²) in [6.45, 7) is 8.10. The molecule has 0 N–H and O–H groups in total. The van der Waals surface area contributed by atoms with Gasteiger partial charge in [0.1, 0.15) is 0 Å². The second kappa shape index (κ2) is 7.34. The minimum Gasteiger partial charge on any atom is -0.252 e. The SMILES string of the molecule is CC(=Nc1ccc(Br)cc1C)C(C)=Nc1ccc(Br)cc1C. The Kier molecular flexibility index (Phi) is 5.70. The Morgan fingerprint density at radius 2 is 1.09 bits per heavy atom. The third-order valence-corrected chi connectivity index (χ3v) is 4.40. The molecule has 0 saturated heterocycles. The molecule has 0 saturated carbocycles. The molecule has 2 aromatic rings. The molecule has 0 aliphatic rings. The molecular weight excluding hydrogens is 404 g/mol. The molecule has 0 unspecified atom stereocenters. The molecule has 4 heteroatoms. The maximum Gasteiger partial charge on any atom is 0.0663 e. The minimum atomic E-state index is 0.924. The second-order valence-electron chi connectivity index (χ2n) is 5.26. The Morgan fingerprint density at radius 3 is 1.41 bits per heavy atom. The second-order valence-corrected chi connectivity index (χ2v) is 7.09. The fourth-order valence-electron chi connectivity index (χ4n) is 2.01. The van der Waals surface area contributed by atoms with E-state index in [-0.39, 0.29) is 0 Å². The number of hydrogen-bond acceptors (Lipinski definition) is 2. The Morgan fingerprint density at radius 1 is 0.727 bits per heavy atom. The van der Waals surface area contributed by atoms with Crippen LogP contribution in [0, 0.1) is 13.8 Å². The number of hydrogen-bond donors (Lipinski definition) is 0. The molecular formula is C18H18Br2N2. The molecule has 2 aromatic carbocycles. The first-order valence-electron chi connectivity index (χ1n) is 7.00. The average Bonchev–Trinajstić information content (AvgIpc) is 2.44. The van der Waals surface area contributed by atoms with Crippen molar-refractivity contribution < 1.29 is 0 Å². The monoisotopic (exact) mass is 420 g/mol. The van der Waals surface area contributed by atoms with Gasteiger partial charge in [-0.2, -0.15) is 0 Å². The fourth-order valence-corrected chi connectivity index (χ4v) is 2.96. The molecule has 0 aliphatic heterocycles. The van der Waals surface area contributed by atoms with E-state index in [0.717, 1.165) is 42.9 Å². The summed E-state index contributed by atoms with van der Waals surface area (Å²) in [5.74, 6) is 0. The third-order valence-electron chi connectivity index (χ3n) is 3.42. The predicted molar refractivity (Wildman–Crippen MR) is 103 cm³/mol. The van der Waals surface area contributed by atoms with Gasteiger partial charge in [-0.25, -0.2) is 0 Å². The molecule has 0 spiro atoms. The van der Waals surface area contributed by atoms with Crippen molar-refractivity contribution in [2.24, 2.45) is 9.98 Å². The summed E-state index contributed by atoms with van der Waals surface area (Å²) >= 11 is 6.95. The predicted octanol–water partition coefficient (Wildman–Crippen LogP) is 6.71. The van der Waals surface area contributed by atoms with Gasteiger partial charge in [0, 0.05) is 8.95 Å². The number of aryl methyl sites for hydroxylation is 2. The van der Waals surface area contributed by atoms with Crippen LogP contribution in [0.15, 0.2) is 55.3 Å². The van der Waals surface area contributed by atoms with E-state index in [2.05, 4.69) is 57.8 Å². The molecule has 0 radical (unpaired) electrons. The van der Waals surface area contributed by atoms with Gasteiger partial charge in [-0.05, 0) is 75.2 Å². The van der Waals surface area contributed by atoms with Gasteiger partial charge >= 0.3 is 0 Å². The van der Waals surface area contributed by atoms with Crippen LogP contribution in [0.25, 0.3) is 0 Å². The van der Waals surface area contributed by atoms with Gasteiger partial charge in [0.05, 0.1) is 22.8 Å². The average molecular weight is 422 g/mol. The van der Waals surface area contributed by atoms with Crippen LogP contribution in [-0.2, 0) is 0 Å². The Hall–Kier alpha value is -1.26. The molecule has 0 amide bonds. The number of rotatable bonds is 3. The highest BCUT2D eigenvalue weighted by atomic mass is 79.9. The van der Waals surface area contributed by atoms with Crippen LogP contribution in [0.1, 0.15) is 25.0 Å². The van der Waals surface area contributed by atoms with Crippen molar-refractivity contribution in [1.29, 1.82) is 0 Å². The quantitative estimate of drug-likeness (QED) is 0.491. The number of benzene rings is 2. The van der Waals surface area contributed by atoms with Crippen molar-refractivity contribution in [3.63, 3.8) is 0 Å². The third kappa shape index (κ3) is 4.37. The van der Waals surface area contributed by atoms with Crippen LogP contribution in [-0.4, -0.2) is 11.4 Å². The molecule has 2 rings (SSSR count). The van der Waals surface area contributed by atoms with Crippen molar-refractivity contribution in [2.45, 2.75) is 27.7 Å². The number of aliphatic imine (C=N–C) groups is 2. The zero-order chi connectivity index (χ0) is 16.3. The normalized spacial score (nSPS) is 12.6. The van der Waals surface area contributed by atoms with E-state index in [4.69, 9.17) is 9.98 Å². The van der Waals surface area contributed by atoms with Gasteiger partial charge in [-0.3, -0.25) is 9.98 Å². The van der Waals surface area contributed by atoms with E-state index in [9.17, 15) is 0 Å². The fraction of sp³-hybridized carbons (Fsp3) is 0.222. The van der Waals surface area contributed by atoms with Crippen LogP contribution in [0.2, 0.25) is 0 Å². The molecule has 0 aromatic heterocycles. The molecule has 0 fully saturated rings. The standard InChI is InChI=1S/C18H18Br2N2/c1-11-9-15(19)5-7-17(11)21-13(3)14(4)22-18-8-6-16(20)10-12(18)2/h5-10H,1-4H3. The van der Waals surface area contributed by atoms with Crippen molar-refractivity contribution in [3.8, 4) is 0 Å². The van der Waals surface area contributed by atoms with Gasteiger partial charge in [0.25, 0.3) is 0 Å². The lowest BCUT2D eigenvalue weighted by molar-refractivity contribution is 1.37. The maximum absolute atomic E-state index is 4.70. The van der Waals surface area contributed by atoms with Crippen LogP contribution in [0.3, 0.4) is 0 Å². The van der Waals surface area contributed by atoms with Crippen molar-refractivity contribution in [1.82, 2.24) is 0 Å². The molecule has 22 heavy (non-hydrogen) atoms. The summed E-state index contributed by atoms with van der Waals surface area (Å²) in [7, 11) is 0. The summed E-state index contributed by atoms with van der Waals surface area (Å²) < 4.78 is 2.13. The van der Waals surface area contributed by atoms with Crippen LogP contribution >= 0.6 is 31.9 Å². The Balaban J connectivity index is 2.33. The van der Waals surface area contributed by atoms with Crippen LogP contribution in [0.4, 0.5) is 11.4 Å². The largest absolute Gasteiger partial charge is 0.252 e. The summed E-state index contributed by atoms with van der Waals surface area (Å²) in [6.07, 6.45) is 0. The summed E-state index contributed by atoms with van der Waals surface area (Å²) in [5, 5.41) is 0. The van der Waals surface area contributed by atoms with Gasteiger partial charge in [0.15, 0.2) is 0 Å². The lowest BCUT2D eigenvalue weighted by Gasteiger charge is -2.06. The smallest absolute Gasteiger partial charge is 0.0663 e. The molecule has 0 aliphatic carbocycles. The lowest BCUT2D eigenvalue weighted by Crippen LogP contribution is -2.04. The highest BCUT2D eigenvalue weighted by Crippen LogP contribution is 2.25. The van der Waals surface area contributed by atoms with Crippen molar-refractivity contribution >= 4 is 54.7 Å². The van der Waals surface area contributed by atoms with Crippen LogP contribution < -0.4 is 0 Å². The van der Waals surface area contributed by atoms with Gasteiger partial charge in [-0.1, -0.05) is 31.9 Å². The zero-order valence-electron chi connectivity index (χ0n) is 13.1. The van der Waals surface area contributed by atoms with Crippen molar-refractivity contribution in [2.75, 3.05) is 0 Å². The van der Waals surface area contributed by atoms with E-state index in [0.29, 0.717) is 0 Å². The summed E-state index contributed by atoms with van der Waals surface area (Å²) in [6, 6.07) is 12.2. The molecule has 114 valence electrons. The Bertz CT molecular complexity index is 696. The van der Waals surface area contributed by atoms with Gasteiger partial charge in [0.2, 0.25) is 0 Å². The molecule has 0 atom stereocenters. The van der Waals surface area contributed by atoms with Gasteiger partial charge in [-0.15, -0.1) is 0 Å². The maximum atomic E-state index is 4.70. The van der Waals surface area contributed by atoms with E-state index in [1.807, 2.05) is 38.1 Å². The van der Waals surface area contributed by atoms with E-state index in [1.165, 1.54) is 0 Å². The first kappa shape index (κ1) is 17.1. The van der Waals surface area contributed by atoms with Crippen LogP contribution in [0.5, 0.6) is 0 Å². The first-order chi connectivity index (χ1) is 10.4. The number of halogens is 2. The highest BCUT2D eigenvalue weighted by Gasteiger charge is 2.03.